The molecule has 0 spiro atoms. The average Bonchev–Trinajstić information content (AvgIpc) is 2.71. The highest BCUT2D eigenvalue weighted by atomic mass is 35.5. The van der Waals surface area contributed by atoms with Crippen molar-refractivity contribution in [3.8, 4) is 0 Å². The number of aromatic nitrogens is 2. The van der Waals surface area contributed by atoms with Crippen molar-refractivity contribution in [2.24, 2.45) is 0 Å². The van der Waals surface area contributed by atoms with Gasteiger partial charge in [0.1, 0.15) is 12.0 Å². The number of halogens is 2. The van der Waals surface area contributed by atoms with E-state index in [2.05, 4.69) is 15.3 Å². The van der Waals surface area contributed by atoms with E-state index in [0.717, 1.165) is 24.8 Å². The maximum absolute atomic E-state index is 15.0. The lowest BCUT2D eigenvalue weighted by Gasteiger charge is -2.42. The Morgan fingerprint density at radius 3 is 2.67 bits per heavy atom. The Balaban J connectivity index is 1.53. The Hall–Kier alpha value is -1.77. The molecule has 2 heterocycles. The Morgan fingerprint density at radius 1 is 1.37 bits per heavy atom. The fourth-order valence-electron chi connectivity index (χ4n) is 4.16. The summed E-state index contributed by atoms with van der Waals surface area (Å²) in [6, 6.07) is 7.34. The molecular formula is C21H26ClFN4O2S. The summed E-state index contributed by atoms with van der Waals surface area (Å²) in [5.41, 5.74) is 0.519. The van der Waals surface area contributed by atoms with Crippen molar-refractivity contribution in [1.29, 1.82) is 0 Å². The lowest BCUT2D eigenvalue weighted by molar-refractivity contribution is 0.143. The number of anilines is 2. The minimum absolute atomic E-state index is 0.0127. The Bertz CT molecular complexity index is 920. The number of alkyl halides is 1. The number of benzene rings is 1. The largest absolute Gasteiger partial charge is 0.394 e. The second-order valence-electron chi connectivity index (χ2n) is 8.16. The molecule has 1 aromatic heterocycles. The second kappa shape index (κ2) is 8.77. The molecule has 0 radical (unpaired) electrons. The average molecular weight is 453 g/mol. The lowest BCUT2D eigenvalue weighted by atomic mass is 9.77. The Labute approximate surface area is 183 Å². The second-order valence-corrected chi connectivity index (χ2v) is 9.95. The van der Waals surface area contributed by atoms with Crippen molar-refractivity contribution in [3.63, 3.8) is 0 Å². The van der Waals surface area contributed by atoms with Gasteiger partial charge in [-0.15, -0.1) is 0 Å². The molecule has 1 aliphatic heterocycles. The van der Waals surface area contributed by atoms with Crippen LogP contribution in [0.5, 0.6) is 0 Å². The zero-order chi connectivity index (χ0) is 21.3. The highest BCUT2D eigenvalue weighted by Gasteiger charge is 2.38. The number of nitrogens with one attached hydrogen (secondary N) is 1. The molecule has 1 saturated carbocycles. The van der Waals surface area contributed by atoms with Gasteiger partial charge in [0.05, 0.1) is 40.6 Å². The van der Waals surface area contributed by atoms with Gasteiger partial charge in [-0.2, -0.15) is 4.98 Å². The number of nitrogens with zero attached hydrogens (tertiary/aromatic N) is 3. The summed E-state index contributed by atoms with van der Waals surface area (Å²) in [7, 11) is -1.28. The predicted octanol–water partition coefficient (Wildman–Crippen LogP) is 3.53. The topological polar surface area (TPSA) is 78.4 Å². The summed E-state index contributed by atoms with van der Waals surface area (Å²) in [5, 5.41) is 13.7. The minimum Gasteiger partial charge on any atom is -0.394 e. The van der Waals surface area contributed by atoms with Gasteiger partial charge in [-0.25, -0.2) is 9.37 Å². The van der Waals surface area contributed by atoms with Gasteiger partial charge in [0.25, 0.3) is 0 Å². The van der Waals surface area contributed by atoms with Gasteiger partial charge in [-0.05, 0) is 43.4 Å². The highest BCUT2D eigenvalue weighted by Crippen LogP contribution is 2.37. The van der Waals surface area contributed by atoms with Gasteiger partial charge in [-0.3, -0.25) is 4.21 Å². The van der Waals surface area contributed by atoms with Crippen LogP contribution in [-0.2, 0) is 10.8 Å². The van der Waals surface area contributed by atoms with Crippen LogP contribution in [0.3, 0.4) is 0 Å². The molecule has 4 rings (SSSR count). The highest BCUT2D eigenvalue weighted by molar-refractivity contribution is 7.84. The van der Waals surface area contributed by atoms with Gasteiger partial charge < -0.3 is 15.3 Å². The molecule has 162 valence electrons. The van der Waals surface area contributed by atoms with Crippen LogP contribution < -0.4 is 10.2 Å². The monoisotopic (exact) mass is 452 g/mol. The smallest absolute Gasteiger partial charge is 0.227 e. The van der Waals surface area contributed by atoms with Crippen LogP contribution in [0.1, 0.15) is 37.2 Å². The van der Waals surface area contributed by atoms with Crippen LogP contribution in [0.25, 0.3) is 0 Å². The fraction of sp³-hybridized carbons (Fsp3) is 0.524. The van der Waals surface area contributed by atoms with E-state index >= 15 is 4.39 Å². The zero-order valence-electron chi connectivity index (χ0n) is 16.9. The molecule has 1 aromatic carbocycles. The van der Waals surface area contributed by atoms with Crippen molar-refractivity contribution < 1.29 is 13.7 Å². The summed E-state index contributed by atoms with van der Waals surface area (Å²) >= 11 is 5.95. The lowest BCUT2D eigenvalue weighted by Crippen LogP contribution is -2.49. The van der Waals surface area contributed by atoms with Gasteiger partial charge in [-0.1, -0.05) is 23.7 Å². The quantitative estimate of drug-likeness (QED) is 0.698. The maximum Gasteiger partial charge on any atom is 0.227 e. The molecule has 0 bridgehead atoms. The predicted molar refractivity (Wildman–Crippen MR) is 118 cm³/mol. The number of aliphatic hydroxyl groups excluding tert-OH is 1. The minimum atomic E-state index is -1.28. The van der Waals surface area contributed by atoms with Gasteiger partial charge >= 0.3 is 0 Å². The van der Waals surface area contributed by atoms with Crippen LogP contribution in [0.4, 0.5) is 16.2 Å². The first kappa shape index (κ1) is 21.5. The van der Waals surface area contributed by atoms with E-state index in [1.54, 1.807) is 24.6 Å². The van der Waals surface area contributed by atoms with Crippen LogP contribution in [0.15, 0.2) is 35.4 Å². The molecule has 2 aromatic rings. The van der Waals surface area contributed by atoms with Crippen molar-refractivity contribution >= 4 is 34.2 Å². The van der Waals surface area contributed by atoms with Gasteiger partial charge in [0, 0.05) is 23.7 Å². The van der Waals surface area contributed by atoms with Crippen molar-refractivity contribution in [3.05, 3.63) is 41.0 Å². The van der Waals surface area contributed by atoms with E-state index in [1.165, 1.54) is 0 Å². The Morgan fingerprint density at radius 2 is 2.10 bits per heavy atom. The third-order valence-corrected chi connectivity index (χ3v) is 7.34. The molecule has 2 N–H and O–H groups in total. The van der Waals surface area contributed by atoms with E-state index in [-0.39, 0.29) is 19.1 Å². The molecular weight excluding hydrogens is 427 g/mol. The third-order valence-electron chi connectivity index (χ3n) is 6.17. The summed E-state index contributed by atoms with van der Waals surface area (Å²) in [4.78, 5) is 11.3. The number of aliphatic hydroxyl groups is 1. The SMILES string of the molecule is C[S@@](=O)c1cnc(N2CCC(c3ccc(Cl)cc3)C(F)C2)nc1NC1(CO)CCC1. The molecule has 0 amide bonds. The van der Waals surface area contributed by atoms with Gasteiger partial charge in [0.2, 0.25) is 5.95 Å². The van der Waals surface area contributed by atoms with Crippen LogP contribution in [0, 0.1) is 0 Å². The summed E-state index contributed by atoms with van der Waals surface area (Å²) < 4.78 is 27.2. The number of hydrogen-bond acceptors (Lipinski definition) is 6. The normalized spacial score (nSPS) is 24.2. The van der Waals surface area contributed by atoms with Gasteiger partial charge in [0.15, 0.2) is 0 Å². The first-order valence-corrected chi connectivity index (χ1v) is 12.1. The fourth-order valence-corrected chi connectivity index (χ4v) is 4.86. The van der Waals surface area contributed by atoms with Crippen molar-refractivity contribution in [2.45, 2.75) is 48.2 Å². The van der Waals surface area contributed by atoms with Crippen LogP contribution >= 0.6 is 11.6 Å². The van der Waals surface area contributed by atoms with Crippen molar-refractivity contribution in [1.82, 2.24) is 9.97 Å². The first-order chi connectivity index (χ1) is 14.4. The van der Waals surface area contributed by atoms with E-state index in [4.69, 9.17) is 11.6 Å². The van der Waals surface area contributed by atoms with E-state index in [0.29, 0.717) is 34.6 Å². The molecule has 9 heteroatoms. The third kappa shape index (κ3) is 4.31. The Kier molecular flexibility index (Phi) is 6.27. The molecule has 1 aliphatic carbocycles. The summed E-state index contributed by atoms with van der Waals surface area (Å²) in [6.45, 7) is 0.792. The van der Waals surface area contributed by atoms with Crippen LogP contribution in [0.2, 0.25) is 5.02 Å². The summed E-state index contributed by atoms with van der Waals surface area (Å²) in [6.07, 6.45) is 5.38. The molecule has 2 fully saturated rings. The number of rotatable bonds is 6. The summed E-state index contributed by atoms with van der Waals surface area (Å²) in [5.74, 6) is 0.687. The van der Waals surface area contributed by atoms with Crippen LogP contribution in [-0.4, -0.2) is 56.9 Å². The molecule has 2 unspecified atom stereocenters. The molecule has 2 aliphatic rings. The standard InChI is InChI=1S/C21H26ClFN4O2S/c1-30(29)18-11-24-20(25-19(18)26-21(13-28)8-2-9-21)27-10-7-16(17(23)12-27)14-3-5-15(22)6-4-14/h3-6,11,16-17,28H,2,7-10,12-13H2,1H3,(H,24,25,26)/t16?,17?,30-/m1/s1. The molecule has 3 atom stereocenters. The maximum atomic E-state index is 15.0. The zero-order valence-corrected chi connectivity index (χ0v) is 18.4. The number of hydrogen-bond donors (Lipinski definition) is 2. The van der Waals surface area contributed by atoms with E-state index in [1.807, 2.05) is 17.0 Å². The van der Waals surface area contributed by atoms with E-state index in [9.17, 15) is 9.32 Å². The molecule has 1 saturated heterocycles. The first-order valence-electron chi connectivity index (χ1n) is 10.1. The molecule has 6 nitrogen and oxygen atoms in total. The molecule has 30 heavy (non-hydrogen) atoms. The van der Waals surface area contributed by atoms with E-state index < -0.39 is 22.5 Å². The van der Waals surface area contributed by atoms with Crippen molar-refractivity contribution in [2.75, 3.05) is 36.2 Å². The number of piperidine rings is 1.